The molecule has 1 aliphatic heterocycles. The number of carboxylic acids is 1. The molecule has 0 radical (unpaired) electrons. The molecule has 3 atom stereocenters. The van der Waals surface area contributed by atoms with Crippen molar-refractivity contribution in [1.29, 1.82) is 0 Å². The summed E-state index contributed by atoms with van der Waals surface area (Å²) in [6, 6.07) is 18.2. The lowest BCUT2D eigenvalue weighted by molar-refractivity contribution is -0.144. The van der Waals surface area contributed by atoms with E-state index in [1.165, 1.54) is 16.7 Å². The van der Waals surface area contributed by atoms with Crippen molar-refractivity contribution < 1.29 is 14.6 Å². The van der Waals surface area contributed by atoms with Gasteiger partial charge in [-0.3, -0.25) is 0 Å². The Kier molecular flexibility index (Phi) is 7.62. The average molecular weight is 574 g/mol. The predicted molar refractivity (Wildman–Crippen MR) is 164 cm³/mol. The summed E-state index contributed by atoms with van der Waals surface area (Å²) in [5.41, 5.74) is 3.77. The van der Waals surface area contributed by atoms with Gasteiger partial charge in [-0.15, -0.1) is 0 Å². The highest BCUT2D eigenvalue weighted by Gasteiger charge is 2.54. The molecule has 2 aliphatic carbocycles. The maximum atomic E-state index is 12.7. The van der Waals surface area contributed by atoms with Crippen molar-refractivity contribution in [3.05, 3.63) is 82.5 Å². The number of halogens is 1. The third-order valence-electron chi connectivity index (χ3n) is 9.94. The van der Waals surface area contributed by atoms with Crippen molar-refractivity contribution in [2.24, 2.45) is 11.8 Å². The number of aliphatic carboxylic acids is 1. The SMILES string of the molecule is CC1CCNc2nccc(OC[C@H](C)C[C@H]3Cc4ccccc4C34CCC(Nc3cccc(Cl)c3)(C(=O)O)CC4)c21. The van der Waals surface area contributed by atoms with Crippen LogP contribution in [0.4, 0.5) is 11.5 Å². The second kappa shape index (κ2) is 11.2. The summed E-state index contributed by atoms with van der Waals surface area (Å²) < 4.78 is 6.46. The molecule has 7 heteroatoms. The molecule has 0 amide bonds. The molecule has 216 valence electrons. The van der Waals surface area contributed by atoms with E-state index in [9.17, 15) is 9.90 Å². The lowest BCUT2D eigenvalue weighted by Crippen LogP contribution is -2.53. The van der Waals surface area contributed by atoms with Crippen LogP contribution >= 0.6 is 11.6 Å². The highest BCUT2D eigenvalue weighted by molar-refractivity contribution is 6.30. The molecule has 3 aliphatic rings. The highest BCUT2D eigenvalue weighted by atomic mass is 35.5. The monoisotopic (exact) mass is 573 g/mol. The molecule has 1 fully saturated rings. The van der Waals surface area contributed by atoms with E-state index in [4.69, 9.17) is 16.3 Å². The number of benzene rings is 2. The smallest absolute Gasteiger partial charge is 0.329 e. The van der Waals surface area contributed by atoms with Crippen LogP contribution in [0.25, 0.3) is 0 Å². The highest BCUT2D eigenvalue weighted by Crippen LogP contribution is 2.56. The van der Waals surface area contributed by atoms with Crippen molar-refractivity contribution >= 4 is 29.1 Å². The third-order valence-corrected chi connectivity index (χ3v) is 10.2. The van der Waals surface area contributed by atoms with E-state index in [-0.39, 0.29) is 5.41 Å². The predicted octanol–water partition coefficient (Wildman–Crippen LogP) is 7.68. The van der Waals surface area contributed by atoms with E-state index in [2.05, 4.69) is 53.7 Å². The number of ether oxygens (including phenoxy) is 1. The molecule has 2 aromatic carbocycles. The number of fused-ring (bicyclic) bond motifs is 3. The number of carboxylic acid groups (broad SMARTS) is 1. The zero-order valence-corrected chi connectivity index (χ0v) is 24.7. The van der Waals surface area contributed by atoms with Gasteiger partial charge in [0.2, 0.25) is 0 Å². The van der Waals surface area contributed by atoms with Gasteiger partial charge in [0, 0.05) is 29.0 Å². The second-order valence-electron chi connectivity index (χ2n) is 12.6. The molecule has 1 saturated carbocycles. The number of hydrogen-bond acceptors (Lipinski definition) is 5. The van der Waals surface area contributed by atoms with E-state index < -0.39 is 11.5 Å². The standard InChI is InChI=1S/C34H40ClN3O3/c1-22(21-41-29-11-17-37-31-30(29)23(2)10-16-36-31)18-25-19-24-6-3-4-9-28(24)33(25)12-14-34(15-13-33,32(39)40)38-27-8-5-7-26(35)20-27/h3-9,11,17,20,22-23,25,38H,10,12-16,18-19,21H2,1-2H3,(H,36,37)(H,39,40)/t22-,23?,25+,33?,34?/m1/s1. The van der Waals surface area contributed by atoms with Gasteiger partial charge in [-0.2, -0.15) is 0 Å². The van der Waals surface area contributed by atoms with Gasteiger partial charge >= 0.3 is 5.97 Å². The number of hydrogen-bond donors (Lipinski definition) is 3. The minimum Gasteiger partial charge on any atom is -0.493 e. The lowest BCUT2D eigenvalue weighted by Gasteiger charge is -2.47. The molecule has 6 nitrogen and oxygen atoms in total. The van der Waals surface area contributed by atoms with Gasteiger partial charge in [0.1, 0.15) is 17.1 Å². The average Bonchev–Trinajstić information content (AvgIpc) is 3.25. The Morgan fingerprint density at radius 1 is 1.17 bits per heavy atom. The van der Waals surface area contributed by atoms with Crippen molar-refractivity contribution in [3.63, 3.8) is 0 Å². The molecule has 1 aromatic heterocycles. The van der Waals surface area contributed by atoms with Crippen LogP contribution in [0.3, 0.4) is 0 Å². The molecule has 0 saturated heterocycles. The Morgan fingerprint density at radius 2 is 1.98 bits per heavy atom. The van der Waals surface area contributed by atoms with E-state index >= 15 is 0 Å². The summed E-state index contributed by atoms with van der Waals surface area (Å²) in [5, 5.41) is 17.8. The van der Waals surface area contributed by atoms with Gasteiger partial charge < -0.3 is 20.5 Å². The lowest BCUT2D eigenvalue weighted by atomic mass is 9.59. The first-order chi connectivity index (χ1) is 19.8. The van der Waals surface area contributed by atoms with Gasteiger partial charge in [-0.25, -0.2) is 9.78 Å². The van der Waals surface area contributed by atoms with E-state index in [1.807, 2.05) is 36.5 Å². The molecule has 1 spiro atoms. The maximum absolute atomic E-state index is 12.7. The molecular formula is C34H40ClN3O3. The molecule has 1 unspecified atom stereocenters. The molecule has 3 aromatic rings. The summed E-state index contributed by atoms with van der Waals surface area (Å²) in [5.74, 6) is 2.34. The molecule has 3 N–H and O–H groups in total. The first-order valence-electron chi connectivity index (χ1n) is 15.0. The summed E-state index contributed by atoms with van der Waals surface area (Å²) >= 11 is 6.21. The van der Waals surface area contributed by atoms with Gasteiger partial charge in [0.25, 0.3) is 0 Å². The Morgan fingerprint density at radius 3 is 2.76 bits per heavy atom. The summed E-state index contributed by atoms with van der Waals surface area (Å²) in [6.07, 6.45) is 7.80. The minimum atomic E-state index is -1.00. The first kappa shape index (κ1) is 27.9. The third kappa shape index (κ3) is 5.27. The fourth-order valence-corrected chi connectivity index (χ4v) is 7.94. The first-order valence-corrected chi connectivity index (χ1v) is 15.4. The Labute approximate surface area is 247 Å². The van der Waals surface area contributed by atoms with Crippen molar-refractivity contribution in [2.75, 3.05) is 23.8 Å². The Bertz CT molecular complexity index is 1420. The number of nitrogens with zero attached hydrogens (tertiary/aromatic N) is 1. The minimum absolute atomic E-state index is 0.0198. The van der Waals surface area contributed by atoms with Crippen molar-refractivity contribution in [2.45, 2.75) is 75.7 Å². The fraction of sp³-hybridized carbons (Fsp3) is 0.471. The van der Waals surface area contributed by atoms with Crippen LogP contribution in [0.1, 0.15) is 75.0 Å². The van der Waals surface area contributed by atoms with Crippen molar-refractivity contribution in [3.8, 4) is 5.75 Å². The number of aromatic nitrogens is 1. The zero-order chi connectivity index (χ0) is 28.6. The van der Waals surface area contributed by atoms with Crippen LogP contribution in [0, 0.1) is 11.8 Å². The molecule has 41 heavy (non-hydrogen) atoms. The van der Waals surface area contributed by atoms with E-state index in [1.54, 1.807) is 0 Å². The van der Waals surface area contributed by atoms with Crippen LogP contribution in [-0.4, -0.2) is 34.8 Å². The maximum Gasteiger partial charge on any atom is 0.329 e. The molecule has 2 heterocycles. The summed E-state index contributed by atoms with van der Waals surface area (Å²) in [7, 11) is 0. The zero-order valence-electron chi connectivity index (χ0n) is 24.0. The van der Waals surface area contributed by atoms with Crippen LogP contribution in [0.15, 0.2) is 60.8 Å². The summed E-state index contributed by atoms with van der Waals surface area (Å²) in [6.45, 7) is 6.14. The topological polar surface area (TPSA) is 83.5 Å². The second-order valence-corrected chi connectivity index (χ2v) is 13.0. The summed E-state index contributed by atoms with van der Waals surface area (Å²) in [4.78, 5) is 17.2. The van der Waals surface area contributed by atoms with Crippen molar-refractivity contribution in [1.82, 2.24) is 4.98 Å². The molecular weight excluding hydrogens is 534 g/mol. The van der Waals surface area contributed by atoms with Gasteiger partial charge in [0.15, 0.2) is 0 Å². The Balaban J connectivity index is 1.19. The number of nitrogens with one attached hydrogen (secondary N) is 2. The van der Waals surface area contributed by atoms with Gasteiger partial charge in [-0.1, -0.05) is 55.8 Å². The van der Waals surface area contributed by atoms with Crippen LogP contribution < -0.4 is 15.4 Å². The fourth-order valence-electron chi connectivity index (χ4n) is 7.74. The van der Waals surface area contributed by atoms with Gasteiger partial charge in [-0.05, 0) is 104 Å². The number of anilines is 2. The molecule has 6 rings (SSSR count). The number of pyridine rings is 1. The van der Waals surface area contributed by atoms with Gasteiger partial charge in [0.05, 0.1) is 6.61 Å². The van der Waals surface area contributed by atoms with Crippen LogP contribution in [0.5, 0.6) is 5.75 Å². The quantitative estimate of drug-likeness (QED) is 0.256. The molecule has 0 bridgehead atoms. The number of carbonyl (C=O) groups is 1. The van der Waals surface area contributed by atoms with Crippen LogP contribution in [-0.2, 0) is 16.6 Å². The van der Waals surface area contributed by atoms with E-state index in [0.29, 0.717) is 42.2 Å². The van der Waals surface area contributed by atoms with Crippen LogP contribution in [0.2, 0.25) is 5.02 Å². The normalized spacial score (nSPS) is 27.4. The number of rotatable bonds is 8. The largest absolute Gasteiger partial charge is 0.493 e. The van der Waals surface area contributed by atoms with E-state index in [0.717, 1.165) is 55.9 Å². The Hall–Kier alpha value is -3.25.